The first kappa shape index (κ1) is 10.9. The third kappa shape index (κ3) is 2.69. The molecule has 80 valence electrons. The van der Waals surface area contributed by atoms with Crippen molar-refractivity contribution in [1.29, 1.82) is 5.41 Å². The zero-order chi connectivity index (χ0) is 10.7. The maximum absolute atomic E-state index is 8.09. The molecular weight excluding hydrogens is 301 g/mol. The minimum absolute atomic E-state index is 0.646. The molecule has 0 radical (unpaired) electrons. The van der Waals surface area contributed by atoms with Gasteiger partial charge in [-0.1, -0.05) is 12.1 Å². The maximum atomic E-state index is 8.09. The van der Waals surface area contributed by atoms with E-state index in [0.717, 1.165) is 31.7 Å². The molecule has 1 aliphatic heterocycles. The van der Waals surface area contributed by atoms with Crippen LogP contribution in [-0.4, -0.2) is 36.9 Å². The van der Waals surface area contributed by atoms with Crippen LogP contribution in [0.25, 0.3) is 0 Å². The molecule has 1 heterocycles. The fraction of sp³-hybridized carbons (Fsp3) is 0.364. The van der Waals surface area contributed by atoms with E-state index in [-0.39, 0.29) is 0 Å². The Bertz CT molecular complexity index is 341. The summed E-state index contributed by atoms with van der Waals surface area (Å²) in [5.74, 6) is 0.646. The van der Waals surface area contributed by atoms with Crippen molar-refractivity contribution in [3.05, 3.63) is 33.4 Å². The van der Waals surface area contributed by atoms with Gasteiger partial charge in [0, 0.05) is 35.3 Å². The normalized spacial score (nSPS) is 16.5. The molecule has 0 aliphatic carbocycles. The molecule has 0 amide bonds. The lowest BCUT2D eigenvalue weighted by Crippen LogP contribution is -2.46. The smallest absolute Gasteiger partial charge is 0.128 e. The molecule has 0 unspecified atom stereocenters. The third-order valence-electron chi connectivity index (χ3n) is 2.55. The van der Waals surface area contributed by atoms with Gasteiger partial charge >= 0.3 is 0 Å². The number of rotatable bonds is 1. The molecule has 2 N–H and O–H groups in total. The minimum Gasteiger partial charge on any atom is -0.354 e. The third-order valence-corrected chi connectivity index (χ3v) is 3.27. The minimum atomic E-state index is 0.646. The quantitative estimate of drug-likeness (QED) is 0.469. The van der Waals surface area contributed by atoms with Crippen molar-refractivity contribution in [2.24, 2.45) is 0 Å². The van der Waals surface area contributed by atoms with Crippen molar-refractivity contribution in [2.45, 2.75) is 0 Å². The summed E-state index contributed by atoms with van der Waals surface area (Å²) >= 11 is 2.28. The second kappa shape index (κ2) is 4.94. The zero-order valence-corrected chi connectivity index (χ0v) is 10.6. The molecule has 0 bridgehead atoms. The maximum Gasteiger partial charge on any atom is 0.128 e. The summed E-state index contributed by atoms with van der Waals surface area (Å²) in [5, 5.41) is 11.4. The lowest BCUT2D eigenvalue weighted by atomic mass is 10.2. The van der Waals surface area contributed by atoms with E-state index in [4.69, 9.17) is 5.41 Å². The van der Waals surface area contributed by atoms with Crippen molar-refractivity contribution in [3.63, 3.8) is 0 Å². The molecule has 0 aromatic heterocycles. The summed E-state index contributed by atoms with van der Waals surface area (Å²) in [6.07, 6.45) is 0. The van der Waals surface area contributed by atoms with Crippen LogP contribution in [0, 0.1) is 8.98 Å². The van der Waals surface area contributed by atoms with Crippen molar-refractivity contribution in [2.75, 3.05) is 26.2 Å². The van der Waals surface area contributed by atoms with Crippen molar-refractivity contribution >= 4 is 28.4 Å². The Morgan fingerprint density at radius 2 is 1.80 bits per heavy atom. The van der Waals surface area contributed by atoms with E-state index >= 15 is 0 Å². The summed E-state index contributed by atoms with van der Waals surface area (Å²) < 4.78 is 1.21. The second-order valence-corrected chi connectivity index (χ2v) is 4.84. The summed E-state index contributed by atoms with van der Waals surface area (Å²) in [4.78, 5) is 2.12. The molecule has 0 spiro atoms. The molecule has 3 nitrogen and oxygen atoms in total. The van der Waals surface area contributed by atoms with Crippen LogP contribution in [0.4, 0.5) is 0 Å². The number of benzene rings is 1. The van der Waals surface area contributed by atoms with Crippen LogP contribution >= 0.6 is 22.6 Å². The average Bonchev–Trinajstić information content (AvgIpc) is 2.30. The molecule has 1 saturated heterocycles. The molecule has 0 saturated carbocycles. The van der Waals surface area contributed by atoms with Gasteiger partial charge in [0.2, 0.25) is 0 Å². The lowest BCUT2D eigenvalue weighted by Gasteiger charge is -2.29. The van der Waals surface area contributed by atoms with Gasteiger partial charge in [-0.15, -0.1) is 0 Å². The Morgan fingerprint density at radius 3 is 2.40 bits per heavy atom. The molecule has 1 aliphatic rings. The van der Waals surface area contributed by atoms with E-state index in [2.05, 4.69) is 32.8 Å². The van der Waals surface area contributed by atoms with Gasteiger partial charge in [0.15, 0.2) is 0 Å². The molecule has 2 rings (SSSR count). The van der Waals surface area contributed by atoms with E-state index in [9.17, 15) is 0 Å². The van der Waals surface area contributed by atoms with Gasteiger partial charge < -0.3 is 10.2 Å². The van der Waals surface area contributed by atoms with Gasteiger partial charge in [-0.3, -0.25) is 5.41 Å². The Labute approximate surface area is 104 Å². The highest BCUT2D eigenvalue weighted by Gasteiger charge is 2.13. The van der Waals surface area contributed by atoms with Crippen molar-refractivity contribution in [1.82, 2.24) is 10.2 Å². The van der Waals surface area contributed by atoms with Crippen LogP contribution in [0.1, 0.15) is 5.56 Å². The average molecular weight is 315 g/mol. The monoisotopic (exact) mass is 315 g/mol. The topological polar surface area (TPSA) is 39.1 Å². The van der Waals surface area contributed by atoms with Gasteiger partial charge in [0.1, 0.15) is 5.84 Å². The fourth-order valence-corrected chi connectivity index (χ4v) is 2.04. The molecule has 0 atom stereocenters. The predicted octanol–water partition coefficient (Wildman–Crippen LogP) is 1.52. The summed E-state index contributed by atoms with van der Waals surface area (Å²) in [5.41, 5.74) is 1.01. The number of piperazine rings is 1. The molecule has 1 aromatic carbocycles. The Hall–Kier alpha value is -0.620. The van der Waals surface area contributed by atoms with E-state index in [1.165, 1.54) is 3.57 Å². The highest BCUT2D eigenvalue weighted by Crippen LogP contribution is 2.09. The number of nitrogens with one attached hydrogen (secondary N) is 2. The highest BCUT2D eigenvalue weighted by molar-refractivity contribution is 14.1. The Balaban J connectivity index is 2.09. The van der Waals surface area contributed by atoms with Gasteiger partial charge in [-0.25, -0.2) is 0 Å². The predicted molar refractivity (Wildman–Crippen MR) is 70.4 cm³/mol. The van der Waals surface area contributed by atoms with E-state index in [0.29, 0.717) is 5.84 Å². The number of hydrogen-bond acceptors (Lipinski definition) is 2. The van der Waals surface area contributed by atoms with Crippen molar-refractivity contribution < 1.29 is 0 Å². The van der Waals surface area contributed by atoms with Crippen LogP contribution in [0.2, 0.25) is 0 Å². The van der Waals surface area contributed by atoms with Crippen LogP contribution in [0.5, 0.6) is 0 Å². The van der Waals surface area contributed by atoms with Gasteiger partial charge in [-0.05, 0) is 34.7 Å². The molecule has 15 heavy (non-hydrogen) atoms. The number of nitrogens with zero attached hydrogens (tertiary/aromatic N) is 1. The van der Waals surface area contributed by atoms with Gasteiger partial charge in [-0.2, -0.15) is 0 Å². The first-order valence-electron chi connectivity index (χ1n) is 5.07. The molecule has 4 heteroatoms. The van der Waals surface area contributed by atoms with E-state index in [1.807, 2.05) is 24.3 Å². The summed E-state index contributed by atoms with van der Waals surface area (Å²) in [6.45, 7) is 3.83. The van der Waals surface area contributed by atoms with E-state index < -0.39 is 0 Å². The Kier molecular flexibility index (Phi) is 3.58. The fourth-order valence-electron chi connectivity index (χ4n) is 1.68. The summed E-state index contributed by atoms with van der Waals surface area (Å²) in [6, 6.07) is 8.14. The highest BCUT2D eigenvalue weighted by atomic mass is 127. The van der Waals surface area contributed by atoms with Gasteiger partial charge in [0.05, 0.1) is 0 Å². The van der Waals surface area contributed by atoms with Crippen LogP contribution in [0.3, 0.4) is 0 Å². The largest absolute Gasteiger partial charge is 0.354 e. The first-order valence-corrected chi connectivity index (χ1v) is 6.15. The van der Waals surface area contributed by atoms with Crippen LogP contribution in [0.15, 0.2) is 24.3 Å². The number of amidine groups is 1. The van der Waals surface area contributed by atoms with Crippen molar-refractivity contribution in [3.8, 4) is 0 Å². The SMILES string of the molecule is N=C(c1ccc(I)cc1)N1CCNCC1. The molecule has 1 aromatic rings. The van der Waals surface area contributed by atoms with Crippen LogP contribution in [-0.2, 0) is 0 Å². The summed E-state index contributed by atoms with van der Waals surface area (Å²) in [7, 11) is 0. The number of halogens is 1. The Morgan fingerprint density at radius 1 is 1.20 bits per heavy atom. The number of hydrogen-bond donors (Lipinski definition) is 2. The first-order chi connectivity index (χ1) is 7.27. The van der Waals surface area contributed by atoms with Crippen LogP contribution < -0.4 is 5.32 Å². The molecule has 1 fully saturated rings. The standard InChI is InChI=1S/C11H14IN3/c12-10-3-1-9(2-4-10)11(13)15-7-5-14-6-8-15/h1-4,13-14H,5-8H2. The van der Waals surface area contributed by atoms with E-state index in [1.54, 1.807) is 0 Å². The second-order valence-electron chi connectivity index (χ2n) is 3.59. The van der Waals surface area contributed by atoms with Gasteiger partial charge in [0.25, 0.3) is 0 Å². The molecular formula is C11H14IN3. The lowest BCUT2D eigenvalue weighted by molar-refractivity contribution is 0.356. The zero-order valence-electron chi connectivity index (χ0n) is 8.46.